The van der Waals surface area contributed by atoms with Crippen molar-refractivity contribution in [3.05, 3.63) is 30.2 Å². The third-order valence-corrected chi connectivity index (χ3v) is 5.66. The number of benzene rings is 1. The molecule has 4 rings (SSSR count). The van der Waals surface area contributed by atoms with Crippen LogP contribution in [0.15, 0.2) is 35.2 Å². The van der Waals surface area contributed by atoms with Gasteiger partial charge >= 0.3 is 6.18 Å². The summed E-state index contributed by atoms with van der Waals surface area (Å²) in [5, 5.41) is 14.8. The normalized spacial score (nSPS) is 22.8. The number of ether oxygens (including phenoxy) is 1. The maximum absolute atomic E-state index is 13.1. The van der Waals surface area contributed by atoms with Crippen molar-refractivity contribution in [1.29, 1.82) is 0 Å². The quantitative estimate of drug-likeness (QED) is 0.829. The molecule has 1 aromatic heterocycles. The molecule has 1 aromatic carbocycles. The van der Waals surface area contributed by atoms with Crippen LogP contribution in [0, 0.1) is 5.92 Å². The number of hydrogen-bond acceptors (Lipinski definition) is 5. The van der Waals surface area contributed by atoms with Crippen LogP contribution in [0.1, 0.15) is 31.7 Å². The first kappa shape index (κ1) is 19.8. The zero-order valence-electron chi connectivity index (χ0n) is 16.1. The maximum atomic E-state index is 13.1. The van der Waals surface area contributed by atoms with Crippen LogP contribution in [0.25, 0.3) is 10.9 Å². The first-order chi connectivity index (χ1) is 13.9. The van der Waals surface area contributed by atoms with E-state index in [4.69, 9.17) is 4.74 Å². The summed E-state index contributed by atoms with van der Waals surface area (Å²) >= 11 is 0. The molecular weight excluding hydrogens is 385 g/mol. The van der Waals surface area contributed by atoms with E-state index in [9.17, 15) is 18.3 Å². The predicted octanol–water partition coefficient (Wildman–Crippen LogP) is 4.06. The van der Waals surface area contributed by atoms with Gasteiger partial charge in [0.25, 0.3) is 0 Å². The highest BCUT2D eigenvalue weighted by Crippen LogP contribution is 2.37. The van der Waals surface area contributed by atoms with E-state index >= 15 is 0 Å². The Hall–Kier alpha value is -2.55. The molecule has 0 saturated heterocycles. The molecule has 6 nitrogen and oxygen atoms in total. The van der Waals surface area contributed by atoms with Crippen molar-refractivity contribution in [2.45, 2.75) is 37.9 Å². The number of halogens is 3. The van der Waals surface area contributed by atoms with E-state index in [1.54, 1.807) is 12.1 Å². The van der Waals surface area contributed by atoms with Gasteiger partial charge in [-0.25, -0.2) is 0 Å². The van der Waals surface area contributed by atoms with Crippen molar-refractivity contribution in [3.63, 3.8) is 0 Å². The first-order valence-electron chi connectivity index (χ1n) is 9.65. The smallest absolute Gasteiger partial charge is 0.434 e. The summed E-state index contributed by atoms with van der Waals surface area (Å²) in [5.74, 6) is 0.818. The van der Waals surface area contributed by atoms with Crippen LogP contribution in [0.5, 0.6) is 5.75 Å². The van der Waals surface area contributed by atoms with Gasteiger partial charge in [-0.15, -0.1) is 0 Å². The number of aliphatic imine (C=N–C) groups is 1. The number of fused-ring (bicyclic) bond motifs is 1. The summed E-state index contributed by atoms with van der Waals surface area (Å²) in [7, 11) is 1.49. The lowest BCUT2D eigenvalue weighted by atomic mass is 9.87. The molecule has 1 N–H and O–H groups in total. The fourth-order valence-electron chi connectivity index (χ4n) is 4.00. The number of rotatable bonds is 4. The Morgan fingerprint density at radius 2 is 1.97 bits per heavy atom. The molecule has 0 unspecified atom stereocenters. The number of aliphatic hydroxyl groups excluding tert-OH is 1. The summed E-state index contributed by atoms with van der Waals surface area (Å²) in [5.41, 5.74) is 0.333. The molecule has 156 valence electrons. The zero-order chi connectivity index (χ0) is 20.6. The van der Waals surface area contributed by atoms with E-state index in [2.05, 4.69) is 10.1 Å². The number of aromatic nitrogens is 2. The second kappa shape index (κ2) is 7.70. The molecule has 1 saturated carbocycles. The van der Waals surface area contributed by atoms with E-state index in [1.165, 1.54) is 18.2 Å². The molecule has 1 aliphatic heterocycles. The van der Waals surface area contributed by atoms with Gasteiger partial charge in [0.15, 0.2) is 5.70 Å². The highest BCUT2D eigenvalue weighted by atomic mass is 19.4. The fourth-order valence-corrected chi connectivity index (χ4v) is 4.00. The zero-order valence-corrected chi connectivity index (χ0v) is 16.1. The van der Waals surface area contributed by atoms with Crippen LogP contribution in [0.4, 0.5) is 18.9 Å². The van der Waals surface area contributed by atoms with E-state index in [-0.39, 0.29) is 19.2 Å². The Bertz CT molecular complexity index is 943. The molecular formula is C20H23F3N4O2. The molecule has 0 amide bonds. The minimum absolute atomic E-state index is 0.223. The number of nitrogens with zero attached hydrogens (tertiary/aromatic N) is 4. The Morgan fingerprint density at radius 3 is 2.62 bits per heavy atom. The van der Waals surface area contributed by atoms with Crippen molar-refractivity contribution < 1.29 is 23.0 Å². The highest BCUT2D eigenvalue weighted by Gasteiger charge is 2.35. The number of allylic oxidation sites excluding steroid dienone is 1. The third kappa shape index (κ3) is 3.96. The van der Waals surface area contributed by atoms with E-state index in [0.29, 0.717) is 17.4 Å². The Morgan fingerprint density at radius 1 is 1.21 bits per heavy atom. The lowest BCUT2D eigenvalue weighted by Crippen LogP contribution is -2.26. The molecule has 0 radical (unpaired) electrons. The van der Waals surface area contributed by atoms with Gasteiger partial charge < -0.3 is 14.7 Å². The SMILES string of the molecule is COc1cc2nn(C3CCC(CO)CC3)cc2cc1N1C=C(C(F)(F)F)N=CC1. The molecule has 1 aliphatic carbocycles. The molecule has 0 spiro atoms. The van der Waals surface area contributed by atoms with Gasteiger partial charge in [0.2, 0.25) is 0 Å². The van der Waals surface area contributed by atoms with Gasteiger partial charge in [0.05, 0.1) is 30.9 Å². The monoisotopic (exact) mass is 408 g/mol. The van der Waals surface area contributed by atoms with Crippen LogP contribution in [0.2, 0.25) is 0 Å². The van der Waals surface area contributed by atoms with Crippen LogP contribution in [0.3, 0.4) is 0 Å². The van der Waals surface area contributed by atoms with Crippen LogP contribution in [-0.2, 0) is 0 Å². The van der Waals surface area contributed by atoms with Gasteiger partial charge in [-0.1, -0.05) is 0 Å². The summed E-state index contributed by atoms with van der Waals surface area (Å²) in [4.78, 5) is 4.95. The molecule has 29 heavy (non-hydrogen) atoms. The van der Waals surface area contributed by atoms with Gasteiger partial charge in [-0.2, -0.15) is 18.3 Å². The lowest BCUT2D eigenvalue weighted by Gasteiger charge is -2.27. The third-order valence-electron chi connectivity index (χ3n) is 5.66. The molecule has 2 aromatic rings. The number of anilines is 1. The first-order valence-corrected chi connectivity index (χ1v) is 9.65. The van der Waals surface area contributed by atoms with Gasteiger partial charge in [0, 0.05) is 36.7 Å². The average molecular weight is 408 g/mol. The van der Waals surface area contributed by atoms with Crippen LogP contribution >= 0.6 is 0 Å². The van der Waals surface area contributed by atoms with Crippen molar-refractivity contribution in [3.8, 4) is 5.75 Å². The molecule has 0 bridgehead atoms. The average Bonchev–Trinajstić information content (AvgIpc) is 3.15. The van der Waals surface area contributed by atoms with E-state index in [0.717, 1.165) is 42.8 Å². The Balaban J connectivity index is 1.66. The minimum Gasteiger partial charge on any atom is -0.494 e. The number of alkyl halides is 3. The van der Waals surface area contributed by atoms with E-state index in [1.807, 2.05) is 10.9 Å². The van der Waals surface area contributed by atoms with Crippen LogP contribution in [-0.4, -0.2) is 47.5 Å². The Labute approximate surface area is 166 Å². The minimum atomic E-state index is -4.51. The van der Waals surface area contributed by atoms with Gasteiger partial charge in [-0.05, 0) is 37.7 Å². The number of hydrogen-bond donors (Lipinski definition) is 1. The lowest BCUT2D eigenvalue weighted by molar-refractivity contribution is -0.0926. The molecule has 9 heteroatoms. The van der Waals surface area contributed by atoms with Crippen molar-refractivity contribution >= 4 is 22.8 Å². The molecule has 0 atom stereocenters. The predicted molar refractivity (Wildman–Crippen MR) is 104 cm³/mol. The second-order valence-electron chi connectivity index (χ2n) is 7.53. The van der Waals surface area contributed by atoms with Gasteiger partial charge in [-0.3, -0.25) is 9.67 Å². The standard InChI is InChI=1S/C20H23F3N4O2/c1-29-18-9-16-14(10-27(25-16)15-4-2-13(12-28)3-5-15)8-17(18)26-7-6-24-19(11-26)20(21,22)23/h6,8-11,13,15,28H,2-5,7,12H2,1H3. The number of aliphatic hydroxyl groups is 1. The van der Waals surface area contributed by atoms with Crippen molar-refractivity contribution in [2.24, 2.45) is 10.9 Å². The summed E-state index contributed by atoms with van der Waals surface area (Å²) in [6.07, 6.45) is 3.50. The summed E-state index contributed by atoms with van der Waals surface area (Å²) < 4.78 is 46.6. The molecule has 1 fully saturated rings. The number of methoxy groups -OCH3 is 1. The fraction of sp³-hybridized carbons (Fsp3) is 0.500. The summed E-state index contributed by atoms with van der Waals surface area (Å²) in [6, 6.07) is 3.83. The second-order valence-corrected chi connectivity index (χ2v) is 7.53. The summed E-state index contributed by atoms with van der Waals surface area (Å²) in [6.45, 7) is 0.446. The molecule has 2 aliphatic rings. The maximum Gasteiger partial charge on any atom is 0.434 e. The van der Waals surface area contributed by atoms with Crippen LogP contribution < -0.4 is 9.64 Å². The van der Waals surface area contributed by atoms with Crippen molar-refractivity contribution in [2.75, 3.05) is 25.2 Å². The largest absolute Gasteiger partial charge is 0.494 e. The Kier molecular flexibility index (Phi) is 5.24. The molecule has 2 heterocycles. The topological polar surface area (TPSA) is 62.9 Å². The highest BCUT2D eigenvalue weighted by molar-refractivity contribution is 5.87. The van der Waals surface area contributed by atoms with Crippen molar-refractivity contribution in [1.82, 2.24) is 9.78 Å². The van der Waals surface area contributed by atoms with Gasteiger partial charge in [0.1, 0.15) is 5.75 Å². The van der Waals surface area contributed by atoms with E-state index < -0.39 is 11.9 Å².